The Kier molecular flexibility index (Phi) is 5.46. The Labute approximate surface area is 134 Å². The molecule has 0 aromatic carbocycles. The van der Waals surface area contributed by atoms with Crippen LogP contribution < -0.4 is 0 Å². The van der Waals surface area contributed by atoms with E-state index in [-0.39, 0.29) is 0 Å². The van der Waals surface area contributed by atoms with Crippen LogP contribution in [0.25, 0.3) is 0 Å². The second-order valence-electron chi connectivity index (χ2n) is 6.06. The van der Waals surface area contributed by atoms with Crippen molar-refractivity contribution in [1.29, 1.82) is 0 Å². The highest BCUT2D eigenvalue weighted by Gasteiger charge is 2.27. The van der Waals surface area contributed by atoms with Crippen LogP contribution in [0.5, 0.6) is 0 Å². The predicted octanol–water partition coefficient (Wildman–Crippen LogP) is 2.46. The predicted molar refractivity (Wildman–Crippen MR) is 84.5 cm³/mol. The van der Waals surface area contributed by atoms with Gasteiger partial charge in [0.25, 0.3) is 0 Å². The summed E-state index contributed by atoms with van der Waals surface area (Å²) in [7, 11) is 0. The monoisotopic (exact) mass is 325 g/mol. The number of morpholine rings is 1. The number of hydrogen-bond donors (Lipinski definition) is 1. The van der Waals surface area contributed by atoms with E-state index < -0.39 is 5.97 Å². The quantitative estimate of drug-likeness (QED) is 0.901. The largest absolute Gasteiger partial charge is 0.477 e. The highest BCUT2D eigenvalue weighted by molar-refractivity contribution is 7.13. The van der Waals surface area contributed by atoms with Crippen LogP contribution in [0.3, 0.4) is 0 Å². The van der Waals surface area contributed by atoms with Gasteiger partial charge in [-0.05, 0) is 37.3 Å². The van der Waals surface area contributed by atoms with Crippen molar-refractivity contribution in [3.63, 3.8) is 0 Å². The number of carboxylic acid groups (broad SMARTS) is 1. The highest BCUT2D eigenvalue weighted by atomic mass is 32.1. The van der Waals surface area contributed by atoms with Gasteiger partial charge in [-0.1, -0.05) is 0 Å². The lowest BCUT2D eigenvalue weighted by molar-refractivity contribution is -0.0286. The zero-order chi connectivity index (χ0) is 15.4. The minimum absolute atomic E-state index is 0.421. The molecule has 2 saturated heterocycles. The van der Waals surface area contributed by atoms with Gasteiger partial charge in [0.1, 0.15) is 4.88 Å². The van der Waals surface area contributed by atoms with E-state index in [0.29, 0.717) is 10.9 Å². The van der Waals surface area contributed by atoms with Gasteiger partial charge in [0, 0.05) is 37.2 Å². The Hall–Kier alpha value is -0.950. The zero-order valence-electron chi connectivity index (χ0n) is 12.7. The molecule has 0 radical (unpaired) electrons. The molecule has 2 fully saturated rings. The van der Waals surface area contributed by atoms with E-state index in [1.165, 1.54) is 11.3 Å². The summed E-state index contributed by atoms with van der Waals surface area (Å²) in [5.74, 6) is -0.113. The van der Waals surface area contributed by atoms with Crippen molar-refractivity contribution in [2.75, 3.05) is 33.0 Å². The van der Waals surface area contributed by atoms with Gasteiger partial charge in [-0.25, -0.2) is 4.79 Å². The van der Waals surface area contributed by atoms with Crippen molar-refractivity contribution in [2.45, 2.75) is 31.8 Å². The lowest BCUT2D eigenvalue weighted by Gasteiger charge is -2.38. The highest BCUT2D eigenvalue weighted by Crippen LogP contribution is 2.26. The Morgan fingerprint density at radius 2 is 2.09 bits per heavy atom. The third-order valence-electron chi connectivity index (χ3n) is 4.53. The van der Waals surface area contributed by atoms with Gasteiger partial charge in [-0.2, -0.15) is 0 Å². The molecule has 2 aliphatic rings. The second kappa shape index (κ2) is 7.55. The molecule has 1 N–H and O–H groups in total. The summed E-state index contributed by atoms with van der Waals surface area (Å²) in [6, 6.07) is 4.08. The third kappa shape index (κ3) is 4.07. The lowest BCUT2D eigenvalue weighted by atomic mass is 9.91. The van der Waals surface area contributed by atoms with Crippen LogP contribution in [-0.2, 0) is 16.0 Å². The van der Waals surface area contributed by atoms with Crippen molar-refractivity contribution in [3.8, 4) is 0 Å². The number of rotatable bonds is 5. The maximum absolute atomic E-state index is 11.0. The lowest BCUT2D eigenvalue weighted by Crippen LogP contribution is -2.46. The van der Waals surface area contributed by atoms with E-state index in [9.17, 15) is 4.79 Å². The second-order valence-corrected chi connectivity index (χ2v) is 7.23. The van der Waals surface area contributed by atoms with Gasteiger partial charge in [-0.15, -0.1) is 11.3 Å². The van der Waals surface area contributed by atoms with E-state index in [2.05, 4.69) is 4.90 Å². The zero-order valence-corrected chi connectivity index (χ0v) is 13.5. The maximum Gasteiger partial charge on any atom is 0.345 e. The van der Waals surface area contributed by atoms with Crippen molar-refractivity contribution in [3.05, 3.63) is 21.9 Å². The van der Waals surface area contributed by atoms with Crippen LogP contribution in [-0.4, -0.2) is 55.0 Å². The molecule has 1 atom stereocenters. The first-order valence-corrected chi connectivity index (χ1v) is 8.75. The van der Waals surface area contributed by atoms with Crippen LogP contribution in [0.2, 0.25) is 0 Å². The van der Waals surface area contributed by atoms with E-state index in [1.807, 2.05) is 6.07 Å². The minimum Gasteiger partial charge on any atom is -0.477 e. The number of thiophene rings is 1. The molecular formula is C16H23NO4S. The molecule has 0 aliphatic carbocycles. The molecule has 5 nitrogen and oxygen atoms in total. The molecule has 22 heavy (non-hydrogen) atoms. The first-order valence-electron chi connectivity index (χ1n) is 7.94. The fourth-order valence-corrected chi connectivity index (χ4v) is 4.13. The van der Waals surface area contributed by atoms with Crippen LogP contribution in [0.15, 0.2) is 12.1 Å². The standard InChI is InChI=1S/C16H23NO4S/c18-16(19)15-2-1-14(22-15)10-17-5-8-21-11-13(17)9-12-3-6-20-7-4-12/h1-2,12-13H,3-11H2,(H,18,19)/t13-/m0/s1. The smallest absolute Gasteiger partial charge is 0.345 e. The van der Waals surface area contributed by atoms with Crippen molar-refractivity contribution in [2.24, 2.45) is 5.92 Å². The summed E-state index contributed by atoms with van der Waals surface area (Å²) in [6.45, 7) is 5.07. The Balaban J connectivity index is 1.60. The van der Waals surface area contributed by atoms with Gasteiger partial charge >= 0.3 is 5.97 Å². The Morgan fingerprint density at radius 1 is 1.27 bits per heavy atom. The molecule has 122 valence electrons. The molecule has 0 bridgehead atoms. The fourth-order valence-electron chi connectivity index (χ4n) is 3.26. The molecule has 0 spiro atoms. The van der Waals surface area contributed by atoms with Gasteiger partial charge in [0.15, 0.2) is 0 Å². The summed E-state index contributed by atoms with van der Waals surface area (Å²) in [6.07, 6.45) is 3.44. The summed E-state index contributed by atoms with van der Waals surface area (Å²) in [4.78, 5) is 15.0. The molecular weight excluding hydrogens is 302 g/mol. The number of aromatic carboxylic acids is 1. The SMILES string of the molecule is O=C(O)c1ccc(CN2CCOC[C@@H]2CC2CCOCC2)s1. The molecule has 1 aromatic heterocycles. The molecule has 1 aromatic rings. The molecule has 0 unspecified atom stereocenters. The average molecular weight is 325 g/mol. The van der Waals surface area contributed by atoms with E-state index in [4.69, 9.17) is 14.6 Å². The summed E-state index contributed by atoms with van der Waals surface area (Å²) in [5.41, 5.74) is 0. The van der Waals surface area contributed by atoms with Crippen LogP contribution >= 0.6 is 11.3 Å². The van der Waals surface area contributed by atoms with Crippen LogP contribution in [0.4, 0.5) is 0 Å². The van der Waals surface area contributed by atoms with Crippen LogP contribution in [0.1, 0.15) is 33.8 Å². The third-order valence-corrected chi connectivity index (χ3v) is 5.59. The average Bonchev–Trinajstić information content (AvgIpc) is 2.99. The van der Waals surface area contributed by atoms with Gasteiger partial charge in [-0.3, -0.25) is 4.90 Å². The van der Waals surface area contributed by atoms with Gasteiger partial charge in [0.2, 0.25) is 0 Å². The molecule has 0 amide bonds. The molecule has 3 heterocycles. The van der Waals surface area contributed by atoms with Crippen molar-refractivity contribution < 1.29 is 19.4 Å². The summed E-state index contributed by atoms with van der Waals surface area (Å²) < 4.78 is 11.1. The van der Waals surface area contributed by atoms with Gasteiger partial charge < -0.3 is 14.6 Å². The number of carboxylic acids is 1. The number of nitrogens with zero attached hydrogens (tertiary/aromatic N) is 1. The van der Waals surface area contributed by atoms with Crippen molar-refractivity contribution in [1.82, 2.24) is 4.90 Å². The van der Waals surface area contributed by atoms with E-state index in [1.54, 1.807) is 6.07 Å². The van der Waals surface area contributed by atoms with E-state index in [0.717, 1.165) is 69.6 Å². The minimum atomic E-state index is -0.836. The molecule has 3 rings (SSSR count). The first kappa shape index (κ1) is 15.9. The fraction of sp³-hybridized carbons (Fsp3) is 0.688. The van der Waals surface area contributed by atoms with Crippen molar-refractivity contribution >= 4 is 17.3 Å². The number of carbonyl (C=O) groups is 1. The topological polar surface area (TPSA) is 59.0 Å². The maximum atomic E-state index is 11.0. The summed E-state index contributed by atoms with van der Waals surface area (Å²) >= 11 is 1.38. The molecule has 6 heteroatoms. The van der Waals surface area contributed by atoms with Crippen LogP contribution in [0, 0.1) is 5.92 Å². The molecule has 2 aliphatic heterocycles. The molecule has 0 saturated carbocycles. The first-order chi connectivity index (χ1) is 10.7. The summed E-state index contributed by atoms with van der Waals surface area (Å²) in [5, 5.41) is 9.04. The Bertz CT molecular complexity index is 498. The normalized spacial score (nSPS) is 24.5. The van der Waals surface area contributed by atoms with Gasteiger partial charge in [0.05, 0.1) is 13.2 Å². The number of ether oxygens (including phenoxy) is 2. The van der Waals surface area contributed by atoms with E-state index >= 15 is 0 Å². The Morgan fingerprint density at radius 3 is 2.82 bits per heavy atom. The number of hydrogen-bond acceptors (Lipinski definition) is 5.